The van der Waals surface area contributed by atoms with Crippen molar-refractivity contribution in [2.45, 2.75) is 0 Å². The van der Waals surface area contributed by atoms with Crippen LogP contribution >= 0.6 is 0 Å². The predicted octanol–water partition coefficient (Wildman–Crippen LogP) is -2.37. The van der Waals surface area contributed by atoms with Gasteiger partial charge in [0.15, 0.2) is 0 Å². The summed E-state index contributed by atoms with van der Waals surface area (Å²) >= 11 is 0. The van der Waals surface area contributed by atoms with Crippen molar-refractivity contribution in [1.82, 2.24) is 0 Å². The molecule has 34 valence electrons. The molecule has 0 aliphatic carbocycles. The van der Waals surface area contributed by atoms with Gasteiger partial charge < -0.3 is 9.11 Å². The van der Waals surface area contributed by atoms with Crippen LogP contribution in [0.25, 0.3) is 0 Å². The van der Waals surface area contributed by atoms with E-state index >= 15 is 0 Å². The van der Waals surface area contributed by atoms with E-state index in [0.717, 1.165) is 0 Å². The van der Waals surface area contributed by atoms with Gasteiger partial charge in [-0.1, -0.05) is 0 Å². The van der Waals surface area contributed by atoms with Crippen LogP contribution in [0, 0.1) is 0 Å². The fourth-order valence-electron chi connectivity index (χ4n) is 0. The Kier molecular flexibility index (Phi) is 12.1. The molecule has 0 radical (unpaired) electrons. The number of rotatable bonds is 0. The van der Waals surface area contributed by atoms with Gasteiger partial charge in [-0.2, -0.15) is 0 Å². The second-order valence-electron chi connectivity index (χ2n) is 0.408. The summed E-state index contributed by atoms with van der Waals surface area (Å²) in [6.45, 7) is 0. The Morgan fingerprint density at radius 2 is 1.14 bits per heavy atom. The molecule has 0 fully saturated rings. The quantitative estimate of drug-likeness (QED) is 0.207. The van der Waals surface area contributed by atoms with Crippen LogP contribution in [-0.2, 0) is 10.4 Å². The molecule has 0 bridgehead atoms. The zero-order valence-electron chi connectivity index (χ0n) is 2.75. The first-order valence-electron chi connectivity index (χ1n) is 0.667. The standard InChI is InChI=1S/Li.Mg.H2O4S.H/c;;1-5(2,3)4;/h;;(H2,1,2,3,4);/q;+2;;/p-2. The van der Waals surface area contributed by atoms with Crippen LogP contribution in [0.4, 0.5) is 0 Å². The molecule has 0 unspecified atom stereocenters. The van der Waals surface area contributed by atoms with E-state index in [1.165, 1.54) is 0 Å². The third kappa shape index (κ3) is 130. The van der Waals surface area contributed by atoms with Crippen LogP contribution in [0.3, 0.4) is 0 Å². The summed E-state index contributed by atoms with van der Waals surface area (Å²) in [6, 6.07) is 0. The average Bonchev–Trinajstić information content (AvgIpc) is 0.722. The summed E-state index contributed by atoms with van der Waals surface area (Å²) < 4.78 is 34.1. The molecular formula is HLiMgO4S. The summed E-state index contributed by atoms with van der Waals surface area (Å²) in [5.41, 5.74) is 0. The molecule has 0 spiro atoms. The molecule has 0 aliphatic heterocycles. The van der Waals surface area contributed by atoms with Crippen molar-refractivity contribution in [2.24, 2.45) is 0 Å². The first-order chi connectivity index (χ1) is 2.00. The van der Waals surface area contributed by atoms with Crippen molar-refractivity contribution in [3.05, 3.63) is 0 Å². The Morgan fingerprint density at radius 1 is 1.14 bits per heavy atom. The minimum absolute atomic E-state index is 0. The minimum Gasteiger partial charge on any atom is 2.00 e. The second kappa shape index (κ2) is 5.37. The monoisotopic (exact) mass is 128 g/mol. The molecule has 7 heavy (non-hydrogen) atoms. The first-order valence-corrected chi connectivity index (χ1v) is 2.00. The molecule has 0 atom stereocenters. The van der Waals surface area contributed by atoms with Gasteiger partial charge in [0, 0.05) is 10.4 Å². The zero-order valence-corrected chi connectivity index (χ0v) is 4.98. The topological polar surface area (TPSA) is 80.3 Å². The maximum atomic E-state index is 8.52. The van der Waals surface area contributed by atoms with E-state index in [0.29, 0.717) is 0 Å². The molecule has 0 heterocycles. The minimum atomic E-state index is -5.17. The first kappa shape index (κ1) is 15.7. The Morgan fingerprint density at radius 3 is 1.14 bits per heavy atom. The van der Waals surface area contributed by atoms with Crippen molar-refractivity contribution in [1.29, 1.82) is 0 Å². The Labute approximate surface area is 69.6 Å². The molecule has 0 saturated carbocycles. The summed E-state index contributed by atoms with van der Waals surface area (Å²) in [7, 11) is -5.17. The van der Waals surface area contributed by atoms with E-state index in [4.69, 9.17) is 17.5 Å². The number of hydrogen-bond donors (Lipinski definition) is 0. The van der Waals surface area contributed by atoms with E-state index in [9.17, 15) is 0 Å². The van der Waals surface area contributed by atoms with Crippen LogP contribution in [0.2, 0.25) is 0 Å². The fourth-order valence-corrected chi connectivity index (χ4v) is 0. The summed E-state index contributed by atoms with van der Waals surface area (Å²) in [5.74, 6) is 0. The molecule has 0 amide bonds. The van der Waals surface area contributed by atoms with Crippen molar-refractivity contribution >= 4 is 52.3 Å². The molecule has 4 nitrogen and oxygen atoms in total. The fraction of sp³-hybridized carbons (Fsp3) is 0. The van der Waals surface area contributed by atoms with Gasteiger partial charge in [-0.15, -0.1) is 0 Å². The average molecular weight is 128 g/mol. The predicted molar refractivity (Wildman–Crippen MR) is 23.4 cm³/mol. The Bertz CT molecular complexity index is 94.9. The summed E-state index contributed by atoms with van der Waals surface area (Å²) in [4.78, 5) is 0. The largest absolute Gasteiger partial charge is 2.00 e. The van der Waals surface area contributed by atoms with E-state index in [2.05, 4.69) is 0 Å². The number of hydrogen-bond acceptors (Lipinski definition) is 4. The molecule has 0 N–H and O–H groups in total. The van der Waals surface area contributed by atoms with Gasteiger partial charge >= 0.3 is 41.9 Å². The van der Waals surface area contributed by atoms with E-state index in [1.54, 1.807) is 0 Å². The van der Waals surface area contributed by atoms with Gasteiger partial charge in [0.05, 0.1) is 0 Å². The second-order valence-corrected chi connectivity index (χ2v) is 1.22. The molecule has 0 aliphatic rings. The van der Waals surface area contributed by atoms with Crippen LogP contribution in [-0.4, -0.2) is 59.4 Å². The SMILES string of the molecule is O=S(=O)([O-])[O-].[LiH].[Mg+2]. The van der Waals surface area contributed by atoms with E-state index in [1.807, 2.05) is 0 Å². The maximum absolute atomic E-state index is 8.52. The summed E-state index contributed by atoms with van der Waals surface area (Å²) in [5, 5.41) is 0. The zero-order chi connectivity index (χ0) is 4.50. The van der Waals surface area contributed by atoms with Gasteiger partial charge in [0.2, 0.25) is 0 Å². The van der Waals surface area contributed by atoms with Crippen LogP contribution in [0.15, 0.2) is 0 Å². The van der Waals surface area contributed by atoms with Crippen molar-refractivity contribution in [3.8, 4) is 0 Å². The molecule has 0 aromatic carbocycles. The van der Waals surface area contributed by atoms with E-state index < -0.39 is 10.4 Å². The van der Waals surface area contributed by atoms with Crippen molar-refractivity contribution < 1.29 is 17.5 Å². The molecular weight excluding hydrogens is 127 g/mol. The van der Waals surface area contributed by atoms with Gasteiger partial charge in [0.25, 0.3) is 0 Å². The molecule has 7 heteroatoms. The normalized spacial score (nSPS) is 8.29. The van der Waals surface area contributed by atoms with Gasteiger partial charge in [-0.25, -0.2) is 0 Å². The smallest absolute Gasteiger partial charge is 2.00 e. The molecule has 0 aromatic heterocycles. The van der Waals surface area contributed by atoms with Crippen molar-refractivity contribution in [2.75, 3.05) is 0 Å². The van der Waals surface area contributed by atoms with E-state index in [-0.39, 0.29) is 41.9 Å². The van der Waals surface area contributed by atoms with Gasteiger partial charge in [-0.3, -0.25) is 8.42 Å². The Balaban J connectivity index is -0.0000000800. The van der Waals surface area contributed by atoms with Crippen LogP contribution in [0.5, 0.6) is 0 Å². The van der Waals surface area contributed by atoms with Gasteiger partial charge in [-0.05, 0) is 0 Å². The van der Waals surface area contributed by atoms with Crippen molar-refractivity contribution in [3.63, 3.8) is 0 Å². The summed E-state index contributed by atoms with van der Waals surface area (Å²) in [6.07, 6.45) is 0. The molecule has 0 aromatic rings. The molecule has 0 saturated heterocycles. The van der Waals surface area contributed by atoms with Crippen LogP contribution < -0.4 is 0 Å². The molecule has 0 rings (SSSR count). The maximum Gasteiger partial charge on any atom is 2.00 e. The Hall–Kier alpha value is 1.23. The van der Waals surface area contributed by atoms with Crippen LogP contribution in [0.1, 0.15) is 0 Å². The third-order valence-corrected chi connectivity index (χ3v) is 0. The van der Waals surface area contributed by atoms with Gasteiger partial charge in [0.1, 0.15) is 0 Å². The third-order valence-electron chi connectivity index (χ3n) is 0.